The van der Waals surface area contributed by atoms with E-state index >= 15 is 0 Å². The van der Waals surface area contributed by atoms with Crippen molar-refractivity contribution in [2.75, 3.05) is 6.54 Å². The van der Waals surface area contributed by atoms with Crippen molar-refractivity contribution in [2.45, 2.75) is 58.2 Å². The molecule has 2 amide bonds. The number of carbonyl (C=O) groups excluding carboxylic acids is 3. The summed E-state index contributed by atoms with van der Waals surface area (Å²) in [7, 11) is 0. The third-order valence-electron chi connectivity index (χ3n) is 6.55. The Labute approximate surface area is 213 Å². The van der Waals surface area contributed by atoms with E-state index in [1.165, 1.54) is 4.90 Å². The van der Waals surface area contributed by atoms with Gasteiger partial charge in [0.2, 0.25) is 11.8 Å². The number of hydrogen-bond acceptors (Lipinski definition) is 8. The molecule has 1 aliphatic rings. The Balaban J connectivity index is 1.45. The number of amides is 2. The summed E-state index contributed by atoms with van der Waals surface area (Å²) >= 11 is 1.58. The van der Waals surface area contributed by atoms with E-state index in [2.05, 4.69) is 15.5 Å². The number of thiazole rings is 1. The quantitative estimate of drug-likeness (QED) is 0.424. The van der Waals surface area contributed by atoms with Crippen molar-refractivity contribution in [2.24, 2.45) is 5.92 Å². The molecule has 10 heteroatoms. The highest BCUT2D eigenvalue weighted by molar-refractivity contribution is 7.13. The molecule has 1 fully saturated rings. The molecule has 2 N–H and O–H groups in total. The van der Waals surface area contributed by atoms with Crippen LogP contribution in [0, 0.1) is 19.8 Å². The first-order valence-corrected chi connectivity index (χ1v) is 12.8. The zero-order valence-corrected chi connectivity index (χ0v) is 21.3. The number of carbonyl (C=O) groups is 3. The van der Waals surface area contributed by atoms with Crippen molar-refractivity contribution in [3.05, 3.63) is 58.6 Å². The van der Waals surface area contributed by atoms with Crippen molar-refractivity contribution < 1.29 is 24.0 Å². The van der Waals surface area contributed by atoms with Gasteiger partial charge in [0.1, 0.15) is 24.0 Å². The Kier molecular flexibility index (Phi) is 7.95. The molecule has 0 bridgehead atoms. The molecule has 4 atom stereocenters. The highest BCUT2D eigenvalue weighted by atomic mass is 32.1. The molecule has 36 heavy (non-hydrogen) atoms. The highest BCUT2D eigenvalue weighted by Gasteiger charge is 2.43. The second-order valence-corrected chi connectivity index (χ2v) is 10.2. The third kappa shape index (κ3) is 5.55. The molecule has 1 saturated heterocycles. The van der Waals surface area contributed by atoms with Crippen LogP contribution >= 0.6 is 11.3 Å². The maximum atomic E-state index is 13.6. The Hall–Kier alpha value is -3.37. The van der Waals surface area contributed by atoms with Crippen molar-refractivity contribution in [3.63, 3.8) is 0 Å². The number of aliphatic hydroxyl groups excluding tert-OH is 1. The normalized spacial score (nSPS) is 19.2. The van der Waals surface area contributed by atoms with Gasteiger partial charge in [-0.3, -0.25) is 9.59 Å². The number of benzene rings is 1. The van der Waals surface area contributed by atoms with Crippen LogP contribution in [0.4, 0.5) is 0 Å². The summed E-state index contributed by atoms with van der Waals surface area (Å²) in [4.78, 5) is 44.7. The van der Waals surface area contributed by atoms with Gasteiger partial charge >= 0.3 is 0 Å². The van der Waals surface area contributed by atoms with Gasteiger partial charge in [-0.25, -0.2) is 4.98 Å². The van der Waals surface area contributed by atoms with Crippen LogP contribution in [0.25, 0.3) is 10.4 Å². The summed E-state index contributed by atoms with van der Waals surface area (Å²) in [6, 6.07) is 8.74. The Morgan fingerprint density at radius 2 is 2.06 bits per heavy atom. The van der Waals surface area contributed by atoms with Crippen LogP contribution < -0.4 is 5.32 Å². The minimum absolute atomic E-state index is 0.0389. The van der Waals surface area contributed by atoms with Gasteiger partial charge < -0.3 is 24.6 Å². The number of aldehydes is 1. The van der Waals surface area contributed by atoms with Crippen LogP contribution in [-0.4, -0.2) is 56.9 Å². The van der Waals surface area contributed by atoms with Gasteiger partial charge in [0.15, 0.2) is 0 Å². The van der Waals surface area contributed by atoms with Crippen LogP contribution in [0.1, 0.15) is 48.4 Å². The summed E-state index contributed by atoms with van der Waals surface area (Å²) < 4.78 is 5.37. The van der Waals surface area contributed by atoms with Crippen molar-refractivity contribution in [1.82, 2.24) is 20.4 Å². The molecule has 1 aliphatic heterocycles. The Bertz CT molecular complexity index is 1220. The number of hydrogen-bond donors (Lipinski definition) is 2. The van der Waals surface area contributed by atoms with E-state index in [9.17, 15) is 19.5 Å². The molecule has 3 heterocycles. The molecule has 190 valence electrons. The highest BCUT2D eigenvalue weighted by Crippen LogP contribution is 2.32. The van der Waals surface area contributed by atoms with Crippen LogP contribution in [0.15, 0.2) is 40.4 Å². The molecular formula is C26H30N4O5S. The molecule has 1 aromatic carbocycles. The largest absolute Gasteiger partial charge is 0.391 e. The van der Waals surface area contributed by atoms with Crippen molar-refractivity contribution in [3.8, 4) is 10.4 Å². The van der Waals surface area contributed by atoms with Gasteiger partial charge in [-0.1, -0.05) is 36.3 Å². The van der Waals surface area contributed by atoms with Crippen LogP contribution in [0.5, 0.6) is 0 Å². The van der Waals surface area contributed by atoms with Crippen LogP contribution in [-0.2, 0) is 20.9 Å². The van der Waals surface area contributed by atoms with Gasteiger partial charge in [-0.2, -0.15) is 0 Å². The molecule has 0 saturated carbocycles. The first-order valence-electron chi connectivity index (χ1n) is 11.9. The van der Waals surface area contributed by atoms with E-state index in [0.29, 0.717) is 18.0 Å². The van der Waals surface area contributed by atoms with E-state index in [1.54, 1.807) is 31.3 Å². The van der Waals surface area contributed by atoms with E-state index in [1.807, 2.05) is 36.7 Å². The minimum Gasteiger partial charge on any atom is -0.391 e. The van der Waals surface area contributed by atoms with Crippen LogP contribution in [0.3, 0.4) is 0 Å². The van der Waals surface area contributed by atoms with Crippen LogP contribution in [0.2, 0.25) is 0 Å². The number of rotatable bonds is 9. The maximum absolute atomic E-state index is 13.6. The Morgan fingerprint density at radius 3 is 2.67 bits per heavy atom. The lowest BCUT2D eigenvalue weighted by molar-refractivity contribution is -0.141. The molecule has 2 unspecified atom stereocenters. The third-order valence-corrected chi connectivity index (χ3v) is 7.53. The first kappa shape index (κ1) is 25.7. The standard InChI is InChI=1S/C26H30N4O5S/c1-15(8-9-31)23(22-10-16(2)29-35-22)26(34)30-13-20(32)11-21(30)25(33)27-12-18-4-6-19(7-5-18)24-17(3)28-14-36-24/h4-7,9-10,14-15,20-21,23,32H,8,11-13H2,1-3H3,(H,27,33)/t15?,20-,21+,23?/m1/s1. The fourth-order valence-electron chi connectivity index (χ4n) is 4.61. The summed E-state index contributed by atoms with van der Waals surface area (Å²) in [6.45, 7) is 5.84. The Morgan fingerprint density at radius 1 is 1.31 bits per heavy atom. The molecule has 3 aromatic rings. The molecule has 0 radical (unpaired) electrons. The average molecular weight is 511 g/mol. The lowest BCUT2D eigenvalue weighted by Gasteiger charge is -2.29. The number of aryl methyl sites for hydroxylation is 2. The fourth-order valence-corrected chi connectivity index (χ4v) is 5.42. The van der Waals surface area contributed by atoms with Gasteiger partial charge in [0.05, 0.1) is 27.9 Å². The van der Waals surface area contributed by atoms with E-state index in [4.69, 9.17) is 4.52 Å². The number of aliphatic hydroxyl groups is 1. The number of nitrogens with one attached hydrogen (secondary N) is 1. The number of β-amino-alcohol motifs (C(OH)–C–C–N with tert-alkyl or cyclic N) is 1. The van der Waals surface area contributed by atoms with Gasteiger partial charge in [-0.05, 0) is 30.9 Å². The average Bonchev–Trinajstić information content (AvgIpc) is 3.58. The molecular weight excluding hydrogens is 480 g/mol. The second-order valence-electron chi connectivity index (χ2n) is 9.31. The second kappa shape index (κ2) is 11.1. The van der Waals surface area contributed by atoms with E-state index in [-0.39, 0.29) is 37.1 Å². The zero-order valence-electron chi connectivity index (χ0n) is 20.5. The van der Waals surface area contributed by atoms with Crippen molar-refractivity contribution in [1.29, 1.82) is 0 Å². The SMILES string of the molecule is Cc1cc(C(C(=O)N2C[C@H](O)C[C@H]2C(=O)NCc2ccc(-c3scnc3C)cc2)C(C)CC=O)on1. The summed E-state index contributed by atoms with van der Waals surface area (Å²) in [5.41, 5.74) is 5.40. The number of aromatic nitrogens is 2. The molecule has 9 nitrogen and oxygen atoms in total. The molecule has 0 aliphatic carbocycles. The van der Waals surface area contributed by atoms with E-state index in [0.717, 1.165) is 28.0 Å². The van der Waals surface area contributed by atoms with E-state index < -0.39 is 18.1 Å². The van der Waals surface area contributed by atoms with Gasteiger partial charge in [-0.15, -0.1) is 11.3 Å². The topological polar surface area (TPSA) is 126 Å². The predicted octanol–water partition coefficient (Wildman–Crippen LogP) is 3.00. The number of nitrogens with zero attached hydrogens (tertiary/aromatic N) is 3. The smallest absolute Gasteiger partial charge is 0.243 e. The first-order chi connectivity index (χ1) is 17.3. The maximum Gasteiger partial charge on any atom is 0.243 e. The number of likely N-dealkylation sites (tertiary alicyclic amines) is 1. The summed E-state index contributed by atoms with van der Waals surface area (Å²) in [5.74, 6) is -1.48. The lowest BCUT2D eigenvalue weighted by atomic mass is 9.87. The lowest BCUT2D eigenvalue weighted by Crippen LogP contribution is -2.48. The monoisotopic (exact) mass is 510 g/mol. The molecule has 0 spiro atoms. The fraction of sp³-hybridized carbons (Fsp3) is 0.423. The summed E-state index contributed by atoms with van der Waals surface area (Å²) in [5, 5.41) is 17.1. The van der Waals surface area contributed by atoms with Crippen molar-refractivity contribution >= 4 is 29.4 Å². The minimum atomic E-state index is -0.818. The predicted molar refractivity (Wildman–Crippen MR) is 134 cm³/mol. The molecule has 2 aromatic heterocycles. The zero-order chi connectivity index (χ0) is 25.8. The van der Waals surface area contributed by atoms with Gasteiger partial charge in [0, 0.05) is 32.0 Å². The molecule has 4 rings (SSSR count). The van der Waals surface area contributed by atoms with Gasteiger partial charge in [0.25, 0.3) is 0 Å². The summed E-state index contributed by atoms with van der Waals surface area (Å²) in [6.07, 6.45) is 0.245.